The van der Waals surface area contributed by atoms with Gasteiger partial charge < -0.3 is 24.4 Å². The number of carbonyl (C=O) groups excluding carboxylic acids is 1. The summed E-state index contributed by atoms with van der Waals surface area (Å²) < 4.78 is 17.0. The number of nitrogens with zero attached hydrogens (tertiary/aromatic N) is 5. The van der Waals surface area contributed by atoms with Crippen molar-refractivity contribution in [3.8, 4) is 5.88 Å². The lowest BCUT2D eigenvalue weighted by atomic mass is 10.0. The molecule has 38 heavy (non-hydrogen) atoms. The van der Waals surface area contributed by atoms with Crippen LogP contribution in [0.3, 0.4) is 0 Å². The zero-order valence-corrected chi connectivity index (χ0v) is 22.2. The molecule has 0 fully saturated rings. The SMILES string of the molecule is Cc1c(N2CCc3cnc(Nc4ccc5c(c4)COC5)nc3C2)cnc2c1N(C(=O)OC(C)(C)C)CCO2. The number of aromatic nitrogens is 3. The van der Waals surface area contributed by atoms with Gasteiger partial charge in [-0.2, -0.15) is 0 Å². The summed E-state index contributed by atoms with van der Waals surface area (Å²) in [7, 11) is 0. The van der Waals surface area contributed by atoms with Crippen molar-refractivity contribution in [3.63, 3.8) is 0 Å². The molecule has 6 rings (SSSR count). The van der Waals surface area contributed by atoms with Crippen LogP contribution < -0.4 is 19.9 Å². The van der Waals surface area contributed by atoms with Gasteiger partial charge in [0, 0.05) is 24.0 Å². The summed E-state index contributed by atoms with van der Waals surface area (Å²) in [5.74, 6) is 1.02. The average Bonchev–Trinajstić information content (AvgIpc) is 3.35. The monoisotopic (exact) mass is 516 g/mol. The zero-order chi connectivity index (χ0) is 26.4. The average molecular weight is 517 g/mol. The molecule has 5 heterocycles. The molecule has 0 aliphatic carbocycles. The topological polar surface area (TPSA) is 102 Å². The molecule has 0 atom stereocenters. The minimum Gasteiger partial charge on any atom is -0.474 e. The fourth-order valence-electron chi connectivity index (χ4n) is 5.09. The molecule has 3 aliphatic rings. The third kappa shape index (κ3) is 4.71. The summed E-state index contributed by atoms with van der Waals surface area (Å²) in [4.78, 5) is 30.9. The van der Waals surface area contributed by atoms with E-state index in [0.29, 0.717) is 50.4 Å². The maximum Gasteiger partial charge on any atom is 0.415 e. The van der Waals surface area contributed by atoms with Gasteiger partial charge in [0.2, 0.25) is 11.8 Å². The Morgan fingerprint density at radius 1 is 1.08 bits per heavy atom. The van der Waals surface area contributed by atoms with Gasteiger partial charge in [-0.15, -0.1) is 0 Å². The van der Waals surface area contributed by atoms with Gasteiger partial charge in [-0.25, -0.2) is 19.7 Å². The highest BCUT2D eigenvalue weighted by Gasteiger charge is 2.32. The molecule has 1 aromatic carbocycles. The number of carbonyl (C=O) groups is 1. The smallest absolute Gasteiger partial charge is 0.415 e. The van der Waals surface area contributed by atoms with Gasteiger partial charge in [-0.3, -0.25) is 4.90 Å². The van der Waals surface area contributed by atoms with Crippen LogP contribution in [0.2, 0.25) is 0 Å². The normalized spacial score (nSPS) is 16.3. The van der Waals surface area contributed by atoms with E-state index in [4.69, 9.17) is 19.2 Å². The molecule has 0 unspecified atom stereocenters. The summed E-state index contributed by atoms with van der Waals surface area (Å²) in [5.41, 5.74) is 7.41. The standard InChI is InChI=1S/C28H32N6O4/c1-17-23(13-29-25-24(17)34(9-10-37-25)27(35)38-28(2,3)4)33-8-7-18-12-30-26(32-22(18)14-33)31-21-6-5-19-15-36-16-20(19)11-21/h5-6,11-13H,7-10,14-16H2,1-4H3,(H,30,31,32). The Hall–Kier alpha value is -3.92. The largest absolute Gasteiger partial charge is 0.474 e. The molecular formula is C28H32N6O4. The maximum absolute atomic E-state index is 13.0. The number of anilines is 4. The Labute approximate surface area is 222 Å². The fourth-order valence-corrected chi connectivity index (χ4v) is 5.09. The summed E-state index contributed by atoms with van der Waals surface area (Å²) in [6.45, 7) is 11.1. The van der Waals surface area contributed by atoms with Crippen molar-refractivity contribution in [2.24, 2.45) is 0 Å². The molecule has 0 bridgehead atoms. The first-order valence-electron chi connectivity index (χ1n) is 12.9. The van der Waals surface area contributed by atoms with Gasteiger partial charge >= 0.3 is 6.09 Å². The third-order valence-electron chi connectivity index (χ3n) is 6.95. The number of nitrogens with one attached hydrogen (secondary N) is 1. The Bertz CT molecular complexity index is 1400. The number of ether oxygens (including phenoxy) is 3. The molecule has 3 aromatic rings. The lowest BCUT2D eigenvalue weighted by Crippen LogP contribution is -2.42. The van der Waals surface area contributed by atoms with Crippen molar-refractivity contribution in [2.75, 3.05) is 34.8 Å². The van der Waals surface area contributed by atoms with E-state index < -0.39 is 11.7 Å². The second-order valence-electron chi connectivity index (χ2n) is 10.8. The van der Waals surface area contributed by atoms with Crippen LogP contribution in [-0.4, -0.2) is 46.3 Å². The molecule has 0 radical (unpaired) electrons. The van der Waals surface area contributed by atoms with Crippen LogP contribution in [0.5, 0.6) is 5.88 Å². The molecule has 0 saturated heterocycles. The Balaban J connectivity index is 1.25. The van der Waals surface area contributed by atoms with E-state index in [0.717, 1.165) is 41.2 Å². The second kappa shape index (κ2) is 9.43. The van der Waals surface area contributed by atoms with Crippen LogP contribution >= 0.6 is 0 Å². The van der Waals surface area contributed by atoms with E-state index in [2.05, 4.69) is 32.3 Å². The number of amides is 1. The van der Waals surface area contributed by atoms with Crippen LogP contribution in [-0.2, 0) is 35.7 Å². The lowest BCUT2D eigenvalue weighted by molar-refractivity contribution is 0.0566. The predicted octanol–water partition coefficient (Wildman–Crippen LogP) is 4.65. The van der Waals surface area contributed by atoms with E-state index in [1.54, 1.807) is 4.90 Å². The summed E-state index contributed by atoms with van der Waals surface area (Å²) in [6.07, 6.45) is 4.16. The summed E-state index contributed by atoms with van der Waals surface area (Å²) in [6, 6.07) is 6.21. The van der Waals surface area contributed by atoms with Crippen LogP contribution in [0, 0.1) is 6.92 Å². The second-order valence-corrected chi connectivity index (χ2v) is 10.8. The number of rotatable bonds is 3. The Kier molecular flexibility index (Phi) is 6.06. The van der Waals surface area contributed by atoms with Crippen molar-refractivity contribution < 1.29 is 19.0 Å². The van der Waals surface area contributed by atoms with Crippen LogP contribution in [0.1, 0.15) is 48.7 Å². The van der Waals surface area contributed by atoms with E-state index >= 15 is 0 Å². The van der Waals surface area contributed by atoms with E-state index in [1.807, 2.05) is 46.2 Å². The van der Waals surface area contributed by atoms with E-state index in [1.165, 1.54) is 11.1 Å². The molecule has 1 N–H and O–H groups in total. The molecule has 3 aliphatic heterocycles. The molecule has 1 amide bonds. The quantitative estimate of drug-likeness (QED) is 0.533. The Morgan fingerprint density at radius 2 is 1.92 bits per heavy atom. The minimum absolute atomic E-state index is 0.374. The highest BCUT2D eigenvalue weighted by atomic mass is 16.6. The van der Waals surface area contributed by atoms with Gasteiger partial charge in [0.15, 0.2) is 0 Å². The van der Waals surface area contributed by atoms with Crippen molar-refractivity contribution >= 4 is 29.1 Å². The number of pyridine rings is 1. The molecule has 0 saturated carbocycles. The molecule has 198 valence electrons. The van der Waals surface area contributed by atoms with Crippen LogP contribution in [0.15, 0.2) is 30.6 Å². The van der Waals surface area contributed by atoms with Crippen molar-refractivity contribution in [1.82, 2.24) is 15.0 Å². The highest BCUT2D eigenvalue weighted by molar-refractivity contribution is 5.92. The van der Waals surface area contributed by atoms with Gasteiger partial charge in [-0.05, 0) is 62.9 Å². The molecule has 10 nitrogen and oxygen atoms in total. The third-order valence-corrected chi connectivity index (χ3v) is 6.95. The fraction of sp³-hybridized carbons (Fsp3) is 0.429. The van der Waals surface area contributed by atoms with Crippen molar-refractivity contribution in [2.45, 2.75) is 59.5 Å². The van der Waals surface area contributed by atoms with Gasteiger partial charge in [0.1, 0.15) is 17.9 Å². The first-order chi connectivity index (χ1) is 18.2. The van der Waals surface area contributed by atoms with Gasteiger partial charge in [0.05, 0.1) is 43.9 Å². The first kappa shape index (κ1) is 24.4. The number of hydrogen-bond donors (Lipinski definition) is 1. The summed E-state index contributed by atoms with van der Waals surface area (Å²) >= 11 is 0. The number of benzene rings is 1. The molecular weight excluding hydrogens is 484 g/mol. The molecule has 0 spiro atoms. The van der Waals surface area contributed by atoms with Crippen molar-refractivity contribution in [3.05, 3.63) is 58.5 Å². The van der Waals surface area contributed by atoms with Crippen molar-refractivity contribution in [1.29, 1.82) is 0 Å². The summed E-state index contributed by atoms with van der Waals surface area (Å²) in [5, 5.41) is 3.34. The number of hydrogen-bond acceptors (Lipinski definition) is 9. The predicted molar refractivity (Wildman–Crippen MR) is 143 cm³/mol. The highest BCUT2D eigenvalue weighted by Crippen LogP contribution is 2.39. The molecule has 2 aromatic heterocycles. The van der Waals surface area contributed by atoms with E-state index in [-0.39, 0.29) is 0 Å². The van der Waals surface area contributed by atoms with Gasteiger partial charge in [-0.1, -0.05) is 6.07 Å². The lowest BCUT2D eigenvalue weighted by Gasteiger charge is -2.35. The van der Waals surface area contributed by atoms with Crippen LogP contribution in [0.4, 0.5) is 27.8 Å². The number of fused-ring (bicyclic) bond motifs is 3. The van der Waals surface area contributed by atoms with Crippen LogP contribution in [0.25, 0.3) is 0 Å². The zero-order valence-electron chi connectivity index (χ0n) is 22.2. The Morgan fingerprint density at radius 3 is 2.76 bits per heavy atom. The van der Waals surface area contributed by atoms with Gasteiger partial charge in [0.25, 0.3) is 0 Å². The molecule has 10 heteroatoms. The maximum atomic E-state index is 13.0. The minimum atomic E-state index is -0.593. The first-order valence-corrected chi connectivity index (χ1v) is 12.9. The van der Waals surface area contributed by atoms with E-state index in [9.17, 15) is 4.79 Å².